The van der Waals surface area contributed by atoms with Gasteiger partial charge >= 0.3 is 11.9 Å². The molecular weight excluding hydrogens is 624 g/mol. The molecule has 0 aromatic heterocycles. The molecule has 14 nitrogen and oxygen atoms in total. The summed E-state index contributed by atoms with van der Waals surface area (Å²) in [4.78, 5) is 78.0. The molecule has 0 fully saturated rings. The van der Waals surface area contributed by atoms with Gasteiger partial charge in [0.15, 0.2) is 11.6 Å². The fourth-order valence-electron chi connectivity index (χ4n) is 4.64. The van der Waals surface area contributed by atoms with Crippen molar-refractivity contribution in [1.29, 1.82) is 0 Å². The second-order valence-corrected chi connectivity index (χ2v) is 13.0. The number of rotatable bonds is 14. The third-order valence-corrected chi connectivity index (χ3v) is 6.98. The van der Waals surface area contributed by atoms with E-state index in [1.807, 2.05) is 41.5 Å². The summed E-state index contributed by atoms with van der Waals surface area (Å²) < 4.78 is 21.0. The van der Waals surface area contributed by atoms with E-state index in [1.165, 1.54) is 50.6 Å². The Balaban J connectivity index is 1.78. The Hall–Kier alpha value is -4.50. The predicted molar refractivity (Wildman–Crippen MR) is 176 cm³/mol. The van der Waals surface area contributed by atoms with Crippen molar-refractivity contribution in [3.05, 3.63) is 58.7 Å². The Kier molecular flexibility index (Phi) is 12.7. The van der Waals surface area contributed by atoms with Gasteiger partial charge in [-0.15, -0.1) is 0 Å². The standard InChI is InChI=1S/C34H44N4O10/c1-33(2,3)47-17-23(31(43)45-7)35-15-25(39)37-21-13-9-11-19-27(21)30(42)28-20(29(19)41)12-10-14-22(28)38-26(40)16-36-24(32(44)46-8)18-48-34(4,5)6/h9-14,23-24,35-36H,15-18H2,1-8H3,(H,37,39)(H,38,40). The molecule has 2 aromatic carbocycles. The van der Waals surface area contributed by atoms with E-state index in [0.717, 1.165) is 0 Å². The summed E-state index contributed by atoms with van der Waals surface area (Å²) in [5, 5.41) is 10.9. The first-order valence-corrected chi connectivity index (χ1v) is 15.3. The van der Waals surface area contributed by atoms with Crippen molar-refractivity contribution in [2.75, 3.05) is 51.2 Å². The summed E-state index contributed by atoms with van der Waals surface area (Å²) in [6.45, 7) is 10.2. The van der Waals surface area contributed by atoms with Gasteiger partial charge < -0.3 is 29.6 Å². The highest BCUT2D eigenvalue weighted by Crippen LogP contribution is 2.35. The number of methoxy groups -OCH3 is 2. The minimum Gasteiger partial charge on any atom is -0.468 e. The zero-order valence-electron chi connectivity index (χ0n) is 28.5. The zero-order chi connectivity index (χ0) is 35.8. The number of carbonyl (C=O) groups excluding carboxylic acids is 6. The van der Waals surface area contributed by atoms with Crippen LogP contribution in [0.15, 0.2) is 36.4 Å². The lowest BCUT2D eigenvalue weighted by Crippen LogP contribution is -2.46. The molecule has 0 saturated heterocycles. The number of esters is 2. The number of benzene rings is 2. The molecule has 3 rings (SSSR count). The molecule has 1 aliphatic rings. The minimum atomic E-state index is -0.936. The van der Waals surface area contributed by atoms with E-state index in [4.69, 9.17) is 18.9 Å². The van der Waals surface area contributed by atoms with Gasteiger partial charge in [0.2, 0.25) is 11.8 Å². The van der Waals surface area contributed by atoms with Gasteiger partial charge in [-0.05, 0) is 53.7 Å². The quantitative estimate of drug-likeness (QED) is 0.184. The summed E-state index contributed by atoms with van der Waals surface area (Å²) in [7, 11) is 2.45. The summed E-state index contributed by atoms with van der Waals surface area (Å²) in [6, 6.07) is 7.10. The largest absolute Gasteiger partial charge is 0.468 e. The first kappa shape index (κ1) is 38.0. The van der Waals surface area contributed by atoms with Gasteiger partial charge in [0.1, 0.15) is 12.1 Å². The number of ether oxygens (including phenoxy) is 4. The van der Waals surface area contributed by atoms with Crippen molar-refractivity contribution in [1.82, 2.24) is 10.6 Å². The molecular formula is C34H44N4O10. The third kappa shape index (κ3) is 10.2. The second-order valence-electron chi connectivity index (χ2n) is 13.0. The number of nitrogens with one attached hydrogen (secondary N) is 4. The first-order chi connectivity index (χ1) is 22.5. The topological polar surface area (TPSA) is 187 Å². The summed E-state index contributed by atoms with van der Waals surface area (Å²) in [6.07, 6.45) is 0. The maximum Gasteiger partial charge on any atom is 0.325 e. The van der Waals surface area contributed by atoms with Crippen LogP contribution in [-0.4, -0.2) is 99.1 Å². The van der Waals surface area contributed by atoms with Gasteiger partial charge in [0, 0.05) is 11.1 Å². The van der Waals surface area contributed by atoms with Crippen molar-refractivity contribution in [2.45, 2.75) is 64.8 Å². The molecule has 0 spiro atoms. The highest BCUT2D eigenvalue weighted by atomic mass is 16.5. The lowest BCUT2D eigenvalue weighted by Gasteiger charge is -2.24. The fraction of sp³-hybridized carbons (Fsp3) is 0.471. The van der Waals surface area contributed by atoms with Gasteiger partial charge in [-0.3, -0.25) is 39.4 Å². The zero-order valence-corrected chi connectivity index (χ0v) is 28.5. The highest BCUT2D eigenvalue weighted by molar-refractivity contribution is 6.32. The van der Waals surface area contributed by atoms with E-state index in [2.05, 4.69) is 21.3 Å². The molecule has 2 unspecified atom stereocenters. The molecule has 0 heterocycles. The van der Waals surface area contributed by atoms with Crippen LogP contribution >= 0.6 is 0 Å². The van der Waals surface area contributed by atoms with Gasteiger partial charge in [-0.1, -0.05) is 24.3 Å². The fourth-order valence-corrected chi connectivity index (χ4v) is 4.64. The number of ketones is 2. The van der Waals surface area contributed by atoms with E-state index in [-0.39, 0.29) is 59.9 Å². The smallest absolute Gasteiger partial charge is 0.325 e. The van der Waals surface area contributed by atoms with Crippen LogP contribution in [0.3, 0.4) is 0 Å². The molecule has 2 aromatic rings. The van der Waals surface area contributed by atoms with Gasteiger partial charge in [-0.25, -0.2) is 0 Å². The van der Waals surface area contributed by atoms with Crippen LogP contribution < -0.4 is 21.3 Å². The molecule has 14 heteroatoms. The van der Waals surface area contributed by atoms with Crippen LogP contribution in [0.5, 0.6) is 0 Å². The molecule has 1 aliphatic carbocycles. The van der Waals surface area contributed by atoms with E-state index in [0.29, 0.717) is 0 Å². The van der Waals surface area contributed by atoms with Gasteiger partial charge in [0.05, 0.1) is 74.2 Å². The maximum absolute atomic E-state index is 14.0. The Labute approximate surface area is 279 Å². The van der Waals surface area contributed by atoms with Crippen molar-refractivity contribution in [3.8, 4) is 0 Å². The number of fused-ring (bicyclic) bond motifs is 2. The number of amides is 2. The van der Waals surface area contributed by atoms with Crippen LogP contribution in [0.2, 0.25) is 0 Å². The normalized spacial score (nSPS) is 13.9. The molecule has 260 valence electrons. The molecule has 48 heavy (non-hydrogen) atoms. The number of hydrogen-bond donors (Lipinski definition) is 4. The van der Waals surface area contributed by atoms with Crippen LogP contribution in [0.4, 0.5) is 11.4 Å². The summed E-state index contributed by atoms with van der Waals surface area (Å²) in [5.41, 5.74) is -0.864. The highest BCUT2D eigenvalue weighted by Gasteiger charge is 2.34. The average molecular weight is 669 g/mol. The summed E-state index contributed by atoms with van der Waals surface area (Å²) >= 11 is 0. The molecule has 2 amide bonds. The van der Waals surface area contributed by atoms with E-state index in [1.54, 1.807) is 0 Å². The van der Waals surface area contributed by atoms with Crippen LogP contribution in [0.1, 0.15) is 73.4 Å². The molecule has 0 aliphatic heterocycles. The van der Waals surface area contributed by atoms with E-state index in [9.17, 15) is 28.8 Å². The molecule has 0 bridgehead atoms. The van der Waals surface area contributed by atoms with Crippen LogP contribution in [0.25, 0.3) is 0 Å². The third-order valence-electron chi connectivity index (χ3n) is 6.98. The van der Waals surface area contributed by atoms with Gasteiger partial charge in [-0.2, -0.15) is 0 Å². The lowest BCUT2D eigenvalue weighted by atomic mass is 9.82. The van der Waals surface area contributed by atoms with E-state index >= 15 is 0 Å². The Morgan fingerprint density at radius 3 is 1.33 bits per heavy atom. The lowest BCUT2D eigenvalue weighted by molar-refractivity contribution is -0.147. The van der Waals surface area contributed by atoms with Crippen molar-refractivity contribution < 1.29 is 47.7 Å². The Morgan fingerprint density at radius 2 is 1.00 bits per heavy atom. The van der Waals surface area contributed by atoms with Gasteiger partial charge in [0.25, 0.3) is 0 Å². The average Bonchev–Trinajstić information content (AvgIpc) is 3.01. The maximum atomic E-state index is 14.0. The van der Waals surface area contributed by atoms with Crippen molar-refractivity contribution in [3.63, 3.8) is 0 Å². The number of anilines is 2. The molecule has 0 radical (unpaired) electrons. The number of hydrogen-bond acceptors (Lipinski definition) is 12. The second kappa shape index (κ2) is 16.1. The van der Waals surface area contributed by atoms with Crippen molar-refractivity contribution in [2.24, 2.45) is 0 Å². The Bertz CT molecular complexity index is 1450. The number of carbonyl (C=O) groups is 6. The molecule has 2 atom stereocenters. The van der Waals surface area contributed by atoms with Crippen LogP contribution in [-0.2, 0) is 38.1 Å². The van der Waals surface area contributed by atoms with E-state index < -0.39 is 58.6 Å². The molecule has 4 N–H and O–H groups in total. The first-order valence-electron chi connectivity index (χ1n) is 15.3. The van der Waals surface area contributed by atoms with Crippen LogP contribution in [0, 0.1) is 0 Å². The van der Waals surface area contributed by atoms with Crippen molar-refractivity contribution >= 4 is 46.7 Å². The summed E-state index contributed by atoms with van der Waals surface area (Å²) in [5.74, 6) is -3.50. The Morgan fingerprint density at radius 1 is 0.625 bits per heavy atom. The monoisotopic (exact) mass is 668 g/mol. The minimum absolute atomic E-state index is 0.0474. The SMILES string of the molecule is COC(=O)C(COC(C)(C)C)NCC(=O)Nc1cccc2c1C(=O)c1c(NC(=O)CNC(COC(C)(C)C)C(=O)OC)cccc1C2=O. The molecule has 0 saturated carbocycles. The predicted octanol–water partition coefficient (Wildman–Crippen LogP) is 2.23.